The Morgan fingerprint density at radius 2 is 2.00 bits per heavy atom. The molecule has 0 radical (unpaired) electrons. The number of nitrogens with zero attached hydrogens (tertiary/aromatic N) is 1. The van der Waals surface area contributed by atoms with Crippen molar-refractivity contribution in [1.29, 1.82) is 0 Å². The van der Waals surface area contributed by atoms with Crippen molar-refractivity contribution in [2.45, 2.75) is 46.0 Å². The van der Waals surface area contributed by atoms with E-state index in [9.17, 15) is 13.6 Å². The zero-order valence-corrected chi connectivity index (χ0v) is 13.0. The number of rotatable bonds is 6. The van der Waals surface area contributed by atoms with Gasteiger partial charge >= 0.3 is 0 Å². The van der Waals surface area contributed by atoms with Gasteiger partial charge in [-0.3, -0.25) is 4.79 Å². The first-order valence-electron chi connectivity index (χ1n) is 7.06. The van der Waals surface area contributed by atoms with E-state index in [1.165, 1.54) is 0 Å². The third-order valence-corrected chi connectivity index (χ3v) is 2.83. The number of hydrogen-bond acceptors (Lipinski definition) is 3. The van der Waals surface area contributed by atoms with Crippen LogP contribution in [-0.4, -0.2) is 30.4 Å². The van der Waals surface area contributed by atoms with Gasteiger partial charge in [-0.2, -0.15) is 0 Å². The second-order valence-corrected chi connectivity index (χ2v) is 5.90. The maximum Gasteiger partial charge on any atom is 0.255 e. The Labute approximate surface area is 124 Å². The van der Waals surface area contributed by atoms with Gasteiger partial charge in [0.05, 0.1) is 6.54 Å². The number of amides is 1. The van der Waals surface area contributed by atoms with Gasteiger partial charge in [0, 0.05) is 23.2 Å². The summed E-state index contributed by atoms with van der Waals surface area (Å²) in [6.45, 7) is 8.07. The molecule has 0 aliphatic heterocycles. The van der Waals surface area contributed by atoms with Crippen LogP contribution in [-0.2, 0) is 5.41 Å². The fourth-order valence-corrected chi connectivity index (χ4v) is 1.66. The van der Waals surface area contributed by atoms with Crippen LogP contribution < -0.4 is 10.6 Å². The summed E-state index contributed by atoms with van der Waals surface area (Å²) in [5.74, 6) is 0.0780. The van der Waals surface area contributed by atoms with Crippen molar-refractivity contribution in [3.8, 4) is 0 Å². The summed E-state index contributed by atoms with van der Waals surface area (Å²) < 4.78 is 24.4. The van der Waals surface area contributed by atoms with Gasteiger partial charge < -0.3 is 10.6 Å². The minimum absolute atomic E-state index is 0.234. The predicted molar refractivity (Wildman–Crippen MR) is 80.1 cm³/mol. The standard InChI is InChI=1S/C15H23F2N3O/c1-5-6-18-13-8-10(14(21)19-9-12(16)17)7-11(20-13)15(2,3)4/h7-8,12H,5-6,9H2,1-4H3,(H,18,20)(H,19,21). The van der Waals surface area contributed by atoms with Crippen molar-refractivity contribution >= 4 is 11.7 Å². The van der Waals surface area contributed by atoms with Gasteiger partial charge in [0.1, 0.15) is 5.82 Å². The molecule has 21 heavy (non-hydrogen) atoms. The van der Waals surface area contributed by atoms with Gasteiger partial charge in [-0.15, -0.1) is 0 Å². The number of anilines is 1. The fraction of sp³-hybridized carbons (Fsp3) is 0.600. The van der Waals surface area contributed by atoms with Crippen molar-refractivity contribution in [1.82, 2.24) is 10.3 Å². The molecule has 0 unspecified atom stereocenters. The normalized spacial score (nSPS) is 11.6. The van der Waals surface area contributed by atoms with E-state index in [-0.39, 0.29) is 5.41 Å². The van der Waals surface area contributed by atoms with E-state index < -0.39 is 18.9 Å². The molecule has 1 aromatic heterocycles. The summed E-state index contributed by atoms with van der Waals surface area (Å²) in [7, 11) is 0. The molecule has 0 spiro atoms. The van der Waals surface area contributed by atoms with Crippen LogP contribution in [0.3, 0.4) is 0 Å². The highest BCUT2D eigenvalue weighted by atomic mass is 19.3. The number of alkyl halides is 2. The highest BCUT2D eigenvalue weighted by Crippen LogP contribution is 2.23. The Balaban J connectivity index is 3.03. The van der Waals surface area contributed by atoms with E-state index in [0.29, 0.717) is 11.4 Å². The number of hydrogen-bond donors (Lipinski definition) is 2. The van der Waals surface area contributed by atoms with Crippen LogP contribution in [0.1, 0.15) is 50.2 Å². The van der Waals surface area contributed by atoms with Crippen LogP contribution >= 0.6 is 0 Å². The molecule has 118 valence electrons. The fourth-order valence-electron chi connectivity index (χ4n) is 1.66. The molecule has 1 rings (SSSR count). The molecule has 1 amide bonds. The summed E-state index contributed by atoms with van der Waals surface area (Å²) in [6.07, 6.45) is -1.63. The second kappa shape index (κ2) is 7.33. The minimum Gasteiger partial charge on any atom is -0.370 e. The lowest BCUT2D eigenvalue weighted by molar-refractivity contribution is 0.0891. The van der Waals surface area contributed by atoms with Crippen LogP contribution in [0, 0.1) is 0 Å². The van der Waals surface area contributed by atoms with E-state index in [2.05, 4.69) is 15.6 Å². The van der Waals surface area contributed by atoms with Gasteiger partial charge in [0.25, 0.3) is 12.3 Å². The van der Waals surface area contributed by atoms with Gasteiger partial charge in [0.15, 0.2) is 0 Å². The van der Waals surface area contributed by atoms with Crippen molar-refractivity contribution in [3.63, 3.8) is 0 Å². The summed E-state index contributed by atoms with van der Waals surface area (Å²) in [6, 6.07) is 3.24. The summed E-state index contributed by atoms with van der Waals surface area (Å²) in [5.41, 5.74) is 0.849. The lowest BCUT2D eigenvalue weighted by atomic mass is 9.90. The largest absolute Gasteiger partial charge is 0.370 e. The third-order valence-electron chi connectivity index (χ3n) is 2.83. The number of carbonyl (C=O) groups excluding carboxylic acids is 1. The highest BCUT2D eigenvalue weighted by molar-refractivity contribution is 5.95. The van der Waals surface area contributed by atoms with Gasteiger partial charge in [0.2, 0.25) is 0 Å². The van der Waals surface area contributed by atoms with E-state index in [0.717, 1.165) is 18.7 Å². The summed E-state index contributed by atoms with van der Waals surface area (Å²) in [5, 5.41) is 5.34. The molecule has 0 fully saturated rings. The van der Waals surface area contributed by atoms with E-state index >= 15 is 0 Å². The average Bonchev–Trinajstić information content (AvgIpc) is 2.41. The smallest absolute Gasteiger partial charge is 0.255 e. The number of aromatic nitrogens is 1. The highest BCUT2D eigenvalue weighted by Gasteiger charge is 2.19. The molecular weight excluding hydrogens is 276 g/mol. The monoisotopic (exact) mass is 299 g/mol. The molecule has 1 aromatic rings. The molecule has 0 atom stereocenters. The lowest BCUT2D eigenvalue weighted by Gasteiger charge is -2.20. The Kier molecular flexibility index (Phi) is 6.05. The van der Waals surface area contributed by atoms with Crippen molar-refractivity contribution < 1.29 is 13.6 Å². The second-order valence-electron chi connectivity index (χ2n) is 5.90. The molecule has 6 heteroatoms. The van der Waals surface area contributed by atoms with Crippen molar-refractivity contribution in [2.24, 2.45) is 0 Å². The average molecular weight is 299 g/mol. The maximum atomic E-state index is 12.2. The van der Waals surface area contributed by atoms with Crippen LogP contribution in [0.5, 0.6) is 0 Å². The first kappa shape index (κ1) is 17.3. The molecule has 0 saturated heterocycles. The van der Waals surface area contributed by atoms with Crippen LogP contribution in [0.2, 0.25) is 0 Å². The Hall–Kier alpha value is -1.72. The Morgan fingerprint density at radius 3 is 2.52 bits per heavy atom. The third kappa shape index (κ3) is 5.65. The van der Waals surface area contributed by atoms with Crippen LogP contribution in [0.4, 0.5) is 14.6 Å². The number of nitrogens with one attached hydrogen (secondary N) is 2. The first-order valence-corrected chi connectivity index (χ1v) is 7.06. The van der Waals surface area contributed by atoms with E-state index in [1.54, 1.807) is 12.1 Å². The maximum absolute atomic E-state index is 12.2. The minimum atomic E-state index is -2.56. The molecule has 0 saturated carbocycles. The quantitative estimate of drug-likeness (QED) is 0.848. The van der Waals surface area contributed by atoms with Crippen molar-refractivity contribution in [2.75, 3.05) is 18.4 Å². The topological polar surface area (TPSA) is 54.0 Å². The zero-order chi connectivity index (χ0) is 16.0. The zero-order valence-electron chi connectivity index (χ0n) is 13.0. The molecule has 0 aliphatic carbocycles. The number of halogens is 2. The molecule has 0 aliphatic rings. The van der Waals surface area contributed by atoms with Gasteiger partial charge in [-0.05, 0) is 18.6 Å². The van der Waals surface area contributed by atoms with Gasteiger partial charge in [-0.25, -0.2) is 13.8 Å². The molecule has 0 aromatic carbocycles. The summed E-state index contributed by atoms with van der Waals surface area (Å²) >= 11 is 0. The molecule has 2 N–H and O–H groups in total. The molecule has 1 heterocycles. The van der Waals surface area contributed by atoms with Crippen LogP contribution in [0.25, 0.3) is 0 Å². The lowest BCUT2D eigenvalue weighted by Crippen LogP contribution is -2.29. The van der Waals surface area contributed by atoms with Gasteiger partial charge in [-0.1, -0.05) is 27.7 Å². The Morgan fingerprint density at radius 1 is 1.33 bits per heavy atom. The first-order chi connectivity index (χ1) is 9.74. The number of carbonyl (C=O) groups is 1. The van der Waals surface area contributed by atoms with E-state index in [1.807, 2.05) is 27.7 Å². The van der Waals surface area contributed by atoms with Crippen molar-refractivity contribution in [3.05, 3.63) is 23.4 Å². The number of pyridine rings is 1. The van der Waals surface area contributed by atoms with E-state index in [4.69, 9.17) is 0 Å². The Bertz CT molecular complexity index is 484. The molecular formula is C15H23F2N3O. The predicted octanol–water partition coefficient (Wildman–Crippen LogP) is 3.20. The molecule has 0 bridgehead atoms. The molecule has 4 nitrogen and oxygen atoms in total. The van der Waals surface area contributed by atoms with Crippen LogP contribution in [0.15, 0.2) is 12.1 Å². The SMILES string of the molecule is CCCNc1cc(C(=O)NCC(F)F)cc(C(C)(C)C)n1. The summed E-state index contributed by atoms with van der Waals surface area (Å²) in [4.78, 5) is 16.4.